The third-order valence-corrected chi connectivity index (χ3v) is 5.32. The van der Waals surface area contributed by atoms with Gasteiger partial charge in [-0.1, -0.05) is 17.7 Å². The van der Waals surface area contributed by atoms with Crippen molar-refractivity contribution in [3.63, 3.8) is 0 Å². The molecule has 2 aromatic carbocycles. The second-order valence-corrected chi connectivity index (χ2v) is 7.87. The normalized spacial score (nSPS) is 16.5. The fourth-order valence-corrected chi connectivity index (χ4v) is 3.79. The van der Waals surface area contributed by atoms with Gasteiger partial charge in [-0.15, -0.1) is 0 Å². The Labute approximate surface area is 182 Å². The lowest BCUT2D eigenvalue weighted by Gasteiger charge is -2.24. The van der Waals surface area contributed by atoms with E-state index in [1.165, 1.54) is 18.2 Å². The number of hydrogen-bond donors (Lipinski definition) is 2. The first kappa shape index (κ1) is 21.8. The maximum atomic E-state index is 13.4. The predicted octanol–water partition coefficient (Wildman–Crippen LogP) is 5.98. The lowest BCUT2D eigenvalue weighted by atomic mass is 9.98. The zero-order valence-corrected chi connectivity index (χ0v) is 17.3. The van der Waals surface area contributed by atoms with Crippen molar-refractivity contribution in [2.45, 2.75) is 38.4 Å². The lowest BCUT2D eigenvalue weighted by Crippen LogP contribution is -2.29. The highest BCUT2D eigenvalue weighted by molar-refractivity contribution is 5.95. The van der Waals surface area contributed by atoms with Gasteiger partial charge in [-0.25, -0.2) is 9.37 Å². The van der Waals surface area contributed by atoms with Crippen LogP contribution in [0.2, 0.25) is 0 Å². The summed E-state index contributed by atoms with van der Waals surface area (Å²) in [6.45, 7) is 1.86. The van der Waals surface area contributed by atoms with E-state index in [1.54, 1.807) is 24.3 Å². The van der Waals surface area contributed by atoms with Gasteiger partial charge in [0, 0.05) is 28.4 Å². The molecule has 0 bridgehead atoms. The average Bonchev–Trinajstić information content (AvgIpc) is 2.73. The Morgan fingerprint density at radius 3 is 2.69 bits per heavy atom. The summed E-state index contributed by atoms with van der Waals surface area (Å²) in [4.78, 5) is 16.2. The molecule has 0 saturated heterocycles. The van der Waals surface area contributed by atoms with E-state index in [9.17, 15) is 22.4 Å². The summed E-state index contributed by atoms with van der Waals surface area (Å²) in [5, 5.41) is 6.57. The molecule has 0 spiro atoms. The number of nitrogens with zero attached hydrogens (tertiary/aromatic N) is 1. The SMILES string of the molecule is Cc1ccc2nc(C(F)(F)F)cc(N[C@@H]3C=C(NC(=O)c4cccc(F)c4)CCC3)c2c1. The Bertz CT molecular complexity index is 1200. The third kappa shape index (κ3) is 4.90. The van der Waals surface area contributed by atoms with Crippen molar-refractivity contribution in [1.82, 2.24) is 10.3 Å². The number of pyridine rings is 1. The topological polar surface area (TPSA) is 54.0 Å². The Morgan fingerprint density at radius 1 is 1.12 bits per heavy atom. The maximum absolute atomic E-state index is 13.4. The number of aryl methyl sites for hydroxylation is 1. The van der Waals surface area contributed by atoms with Crippen LogP contribution < -0.4 is 10.6 Å². The van der Waals surface area contributed by atoms with E-state index in [0.717, 1.165) is 24.1 Å². The quantitative estimate of drug-likeness (QED) is 0.488. The number of rotatable bonds is 4. The number of aromatic nitrogens is 1. The first-order valence-electron chi connectivity index (χ1n) is 10.2. The molecule has 1 atom stereocenters. The predicted molar refractivity (Wildman–Crippen MR) is 115 cm³/mol. The van der Waals surface area contributed by atoms with E-state index in [4.69, 9.17) is 0 Å². The average molecular weight is 443 g/mol. The molecule has 0 radical (unpaired) electrons. The highest BCUT2D eigenvalue weighted by Gasteiger charge is 2.33. The lowest BCUT2D eigenvalue weighted by molar-refractivity contribution is -0.140. The van der Waals surface area contributed by atoms with E-state index >= 15 is 0 Å². The van der Waals surface area contributed by atoms with Crippen LogP contribution in [0.4, 0.5) is 23.2 Å². The Morgan fingerprint density at radius 2 is 1.94 bits per heavy atom. The molecule has 1 heterocycles. The summed E-state index contributed by atoms with van der Waals surface area (Å²) in [7, 11) is 0. The number of benzene rings is 2. The summed E-state index contributed by atoms with van der Waals surface area (Å²) in [6, 6.07) is 11.2. The fourth-order valence-electron chi connectivity index (χ4n) is 3.79. The number of nitrogens with one attached hydrogen (secondary N) is 2. The molecular weight excluding hydrogens is 422 g/mol. The fraction of sp³-hybridized carbons (Fsp3) is 0.250. The Hall–Kier alpha value is -3.42. The minimum atomic E-state index is -4.57. The van der Waals surface area contributed by atoms with Crippen LogP contribution in [0.1, 0.15) is 40.9 Å². The Kier molecular flexibility index (Phi) is 5.86. The van der Waals surface area contributed by atoms with Crippen LogP contribution in [-0.2, 0) is 6.18 Å². The summed E-state index contributed by atoms with van der Waals surface area (Å²) in [5.74, 6) is -0.934. The zero-order valence-electron chi connectivity index (χ0n) is 17.3. The number of allylic oxidation sites excluding steroid dienone is 1. The summed E-state index contributed by atoms with van der Waals surface area (Å²) < 4.78 is 53.5. The van der Waals surface area contributed by atoms with Gasteiger partial charge in [0.05, 0.1) is 5.52 Å². The second kappa shape index (κ2) is 8.61. The van der Waals surface area contributed by atoms with Crippen molar-refractivity contribution in [3.8, 4) is 0 Å². The number of amides is 1. The molecule has 1 aliphatic carbocycles. The van der Waals surface area contributed by atoms with Crippen LogP contribution in [0.5, 0.6) is 0 Å². The van der Waals surface area contributed by atoms with Crippen molar-refractivity contribution in [1.29, 1.82) is 0 Å². The molecule has 166 valence electrons. The van der Waals surface area contributed by atoms with Crippen LogP contribution in [-0.4, -0.2) is 16.9 Å². The molecule has 0 fully saturated rings. The molecule has 8 heteroatoms. The summed E-state index contributed by atoms with van der Waals surface area (Å²) in [6.07, 6.45) is -0.724. The van der Waals surface area contributed by atoms with Gasteiger partial charge in [0.1, 0.15) is 11.5 Å². The number of carbonyl (C=O) groups excluding carboxylic acids is 1. The van der Waals surface area contributed by atoms with Gasteiger partial charge < -0.3 is 10.6 Å². The van der Waals surface area contributed by atoms with Gasteiger partial charge in [0.15, 0.2) is 0 Å². The smallest absolute Gasteiger partial charge is 0.378 e. The molecule has 4 nitrogen and oxygen atoms in total. The molecule has 32 heavy (non-hydrogen) atoms. The highest BCUT2D eigenvalue weighted by atomic mass is 19.4. The van der Waals surface area contributed by atoms with E-state index < -0.39 is 23.6 Å². The van der Waals surface area contributed by atoms with Crippen LogP contribution in [0.15, 0.2) is 60.3 Å². The maximum Gasteiger partial charge on any atom is 0.433 e. The zero-order chi connectivity index (χ0) is 22.9. The minimum Gasteiger partial charge on any atom is -0.378 e. The van der Waals surface area contributed by atoms with E-state index in [-0.39, 0.29) is 17.1 Å². The van der Waals surface area contributed by atoms with Crippen LogP contribution in [0.25, 0.3) is 10.9 Å². The third-order valence-electron chi connectivity index (χ3n) is 5.32. The standard InChI is InChI=1S/C24H21F4N3O/c1-14-8-9-20-19(10-14)21(13-22(31-20)24(26,27)28)29-17-6-3-7-18(12-17)30-23(32)15-4-2-5-16(25)11-15/h2,4-5,8-13,17H,3,6-7H2,1H3,(H,29,31)(H,30,32)/t17-/m0/s1. The van der Waals surface area contributed by atoms with Crippen molar-refractivity contribution in [3.05, 3.63) is 82.9 Å². The van der Waals surface area contributed by atoms with Crippen molar-refractivity contribution in [2.24, 2.45) is 0 Å². The molecule has 0 aliphatic heterocycles. The number of carbonyl (C=O) groups is 1. The number of halogens is 4. The van der Waals surface area contributed by atoms with Crippen LogP contribution >= 0.6 is 0 Å². The molecule has 0 unspecified atom stereocenters. The first-order valence-corrected chi connectivity index (χ1v) is 10.2. The molecule has 3 aromatic rings. The largest absolute Gasteiger partial charge is 0.433 e. The van der Waals surface area contributed by atoms with Crippen molar-refractivity contribution < 1.29 is 22.4 Å². The monoisotopic (exact) mass is 443 g/mol. The molecule has 1 aromatic heterocycles. The number of hydrogen-bond acceptors (Lipinski definition) is 3. The molecule has 0 saturated carbocycles. The van der Waals surface area contributed by atoms with Gasteiger partial charge in [-0.3, -0.25) is 4.79 Å². The summed E-state index contributed by atoms with van der Waals surface area (Å²) >= 11 is 0. The summed E-state index contributed by atoms with van der Waals surface area (Å²) in [5.41, 5.74) is 1.39. The first-order chi connectivity index (χ1) is 15.2. The highest BCUT2D eigenvalue weighted by Crippen LogP contribution is 2.34. The van der Waals surface area contributed by atoms with Crippen molar-refractivity contribution in [2.75, 3.05) is 5.32 Å². The van der Waals surface area contributed by atoms with Gasteiger partial charge >= 0.3 is 6.18 Å². The Balaban J connectivity index is 1.60. The van der Waals surface area contributed by atoms with Crippen LogP contribution in [0, 0.1) is 12.7 Å². The van der Waals surface area contributed by atoms with E-state index in [2.05, 4.69) is 15.6 Å². The molecule has 4 rings (SSSR count). The number of anilines is 1. The van der Waals surface area contributed by atoms with E-state index in [0.29, 0.717) is 29.6 Å². The van der Waals surface area contributed by atoms with E-state index in [1.807, 2.05) is 6.92 Å². The number of fused-ring (bicyclic) bond motifs is 1. The number of alkyl halides is 3. The molecule has 2 N–H and O–H groups in total. The van der Waals surface area contributed by atoms with Crippen molar-refractivity contribution >= 4 is 22.5 Å². The molecule has 1 amide bonds. The van der Waals surface area contributed by atoms with Gasteiger partial charge in [0.2, 0.25) is 0 Å². The van der Waals surface area contributed by atoms with Gasteiger partial charge in [0.25, 0.3) is 5.91 Å². The molecule has 1 aliphatic rings. The van der Waals surface area contributed by atoms with Gasteiger partial charge in [-0.2, -0.15) is 13.2 Å². The molecular formula is C24H21F4N3O. The minimum absolute atomic E-state index is 0.200. The van der Waals surface area contributed by atoms with Crippen LogP contribution in [0.3, 0.4) is 0 Å². The van der Waals surface area contributed by atoms with Gasteiger partial charge in [-0.05, 0) is 68.7 Å². The second-order valence-electron chi connectivity index (χ2n) is 7.87.